The Hall–Kier alpha value is -0.530. The van der Waals surface area contributed by atoms with Gasteiger partial charge in [0.05, 0.1) is 0 Å². The molecule has 0 aliphatic carbocycles. The first-order chi connectivity index (χ1) is 4.83. The number of rotatable bonds is 2. The van der Waals surface area contributed by atoms with Crippen LogP contribution in [-0.2, 0) is 6.42 Å². The van der Waals surface area contributed by atoms with Gasteiger partial charge in [-0.3, -0.25) is 0 Å². The normalized spacial score (nSPS) is 9.80. The highest BCUT2D eigenvalue weighted by Crippen LogP contribution is 2.09. The molecule has 0 aromatic heterocycles. The molecule has 0 saturated heterocycles. The van der Waals surface area contributed by atoms with Crippen molar-refractivity contribution in [1.29, 1.82) is 0 Å². The van der Waals surface area contributed by atoms with Crippen molar-refractivity contribution in [2.45, 2.75) is 6.42 Å². The molecule has 2 heteroatoms. The van der Waals surface area contributed by atoms with Gasteiger partial charge in [0.2, 0.25) is 0 Å². The highest BCUT2D eigenvalue weighted by atomic mass is 35.5. The Labute approximate surface area is 65.8 Å². The van der Waals surface area contributed by atoms with E-state index < -0.39 is 0 Å². The van der Waals surface area contributed by atoms with Crippen molar-refractivity contribution in [2.24, 2.45) is 5.73 Å². The second-order valence-electron chi connectivity index (χ2n) is 2.06. The second kappa shape index (κ2) is 3.59. The van der Waals surface area contributed by atoms with Gasteiger partial charge in [0, 0.05) is 11.1 Å². The van der Waals surface area contributed by atoms with Crippen LogP contribution in [0.4, 0.5) is 0 Å². The lowest BCUT2D eigenvalue weighted by Gasteiger charge is -1.96. The van der Waals surface area contributed by atoms with Crippen LogP contribution < -0.4 is 5.73 Å². The fourth-order valence-corrected chi connectivity index (χ4v) is 0.981. The van der Waals surface area contributed by atoms with Gasteiger partial charge in [0.1, 0.15) is 0 Å². The zero-order chi connectivity index (χ0) is 7.40. The number of halogens is 1. The summed E-state index contributed by atoms with van der Waals surface area (Å²) in [5.41, 5.74) is 6.43. The molecule has 0 aliphatic heterocycles. The topological polar surface area (TPSA) is 26.0 Å². The van der Waals surface area contributed by atoms with E-state index in [1.54, 1.807) is 0 Å². The van der Waals surface area contributed by atoms with Crippen LogP contribution in [0.5, 0.6) is 0 Å². The smallest absolute Gasteiger partial charge is 0.0487 e. The third-order valence-corrected chi connectivity index (χ3v) is 1.45. The summed E-state index contributed by atoms with van der Waals surface area (Å²) in [5, 5.41) is 0.658. The van der Waals surface area contributed by atoms with Crippen LogP contribution in [-0.4, -0.2) is 6.54 Å². The molecule has 0 fully saturated rings. The molecule has 10 heavy (non-hydrogen) atoms. The van der Waals surface area contributed by atoms with Gasteiger partial charge in [-0.15, -0.1) is 0 Å². The lowest BCUT2D eigenvalue weighted by atomic mass is 10.2. The van der Waals surface area contributed by atoms with E-state index in [9.17, 15) is 0 Å². The Morgan fingerprint density at radius 3 is 2.90 bits per heavy atom. The van der Waals surface area contributed by atoms with Crippen molar-refractivity contribution >= 4 is 11.6 Å². The SMILES string of the molecule is NCCc1[c]c(Cl)ccc1. The second-order valence-corrected chi connectivity index (χ2v) is 2.47. The maximum absolute atomic E-state index is 5.68. The minimum Gasteiger partial charge on any atom is -0.330 e. The van der Waals surface area contributed by atoms with Gasteiger partial charge < -0.3 is 5.73 Å². The summed E-state index contributed by atoms with van der Waals surface area (Å²) >= 11 is 5.68. The molecule has 0 heterocycles. The van der Waals surface area contributed by atoms with E-state index >= 15 is 0 Å². The van der Waals surface area contributed by atoms with Crippen molar-refractivity contribution < 1.29 is 0 Å². The van der Waals surface area contributed by atoms with E-state index in [1.807, 2.05) is 18.2 Å². The van der Waals surface area contributed by atoms with Crippen LogP contribution in [0.1, 0.15) is 5.56 Å². The van der Waals surface area contributed by atoms with Gasteiger partial charge >= 0.3 is 0 Å². The van der Waals surface area contributed by atoms with E-state index in [0.29, 0.717) is 11.6 Å². The lowest BCUT2D eigenvalue weighted by molar-refractivity contribution is 0.967. The van der Waals surface area contributed by atoms with Gasteiger partial charge in [-0.2, -0.15) is 0 Å². The third kappa shape index (κ3) is 2.01. The van der Waals surface area contributed by atoms with Gasteiger partial charge in [-0.25, -0.2) is 0 Å². The molecule has 1 nitrogen and oxygen atoms in total. The average molecular weight is 155 g/mol. The largest absolute Gasteiger partial charge is 0.330 e. The number of benzene rings is 1. The molecular formula is C8H9ClN. The molecule has 0 aliphatic rings. The molecule has 1 rings (SSSR count). The first-order valence-corrected chi connectivity index (χ1v) is 3.57. The van der Waals surface area contributed by atoms with Crippen LogP contribution >= 0.6 is 11.6 Å². The summed E-state index contributed by atoms with van der Waals surface area (Å²) in [6.07, 6.45) is 0.848. The van der Waals surface area contributed by atoms with E-state index in [-0.39, 0.29) is 0 Å². The number of hydrogen-bond acceptors (Lipinski definition) is 1. The van der Waals surface area contributed by atoms with Crippen LogP contribution in [0.15, 0.2) is 18.2 Å². The highest BCUT2D eigenvalue weighted by molar-refractivity contribution is 6.30. The Kier molecular flexibility index (Phi) is 2.72. The monoisotopic (exact) mass is 154 g/mol. The molecule has 1 aromatic rings. The molecule has 0 unspecified atom stereocenters. The van der Waals surface area contributed by atoms with Crippen LogP contribution in [0.3, 0.4) is 0 Å². The summed E-state index contributed by atoms with van der Waals surface area (Å²) in [5.74, 6) is 0. The standard InChI is InChI=1S/C8H9ClN/c9-8-3-1-2-7(6-8)4-5-10/h1-3H,4-5,10H2. The minimum absolute atomic E-state index is 0.650. The van der Waals surface area contributed by atoms with Crippen molar-refractivity contribution in [3.8, 4) is 0 Å². The van der Waals surface area contributed by atoms with Crippen molar-refractivity contribution in [3.05, 3.63) is 34.9 Å². The predicted octanol–water partition coefficient (Wildman–Crippen LogP) is 1.64. The summed E-state index contributed by atoms with van der Waals surface area (Å²) in [6, 6.07) is 8.68. The zero-order valence-corrected chi connectivity index (χ0v) is 6.36. The van der Waals surface area contributed by atoms with Crippen molar-refractivity contribution in [2.75, 3.05) is 6.54 Å². The molecule has 2 N–H and O–H groups in total. The maximum Gasteiger partial charge on any atom is 0.0487 e. The van der Waals surface area contributed by atoms with E-state index in [4.69, 9.17) is 17.3 Å². The van der Waals surface area contributed by atoms with Gasteiger partial charge in [-0.05, 0) is 24.6 Å². The van der Waals surface area contributed by atoms with Crippen molar-refractivity contribution in [1.82, 2.24) is 0 Å². The summed E-state index contributed by atoms with van der Waals surface area (Å²) < 4.78 is 0. The summed E-state index contributed by atoms with van der Waals surface area (Å²) in [6.45, 7) is 0.650. The quantitative estimate of drug-likeness (QED) is 0.689. The first-order valence-electron chi connectivity index (χ1n) is 3.19. The highest BCUT2D eigenvalue weighted by Gasteiger charge is 1.91. The third-order valence-electron chi connectivity index (χ3n) is 1.23. The van der Waals surface area contributed by atoms with Crippen LogP contribution in [0.2, 0.25) is 5.02 Å². The Morgan fingerprint density at radius 1 is 1.50 bits per heavy atom. The van der Waals surface area contributed by atoms with Gasteiger partial charge in [0.15, 0.2) is 0 Å². The lowest BCUT2D eigenvalue weighted by Crippen LogP contribution is -2.02. The van der Waals surface area contributed by atoms with Crippen LogP contribution in [0.25, 0.3) is 0 Å². The molecule has 1 aromatic carbocycles. The fraction of sp³-hybridized carbons (Fsp3) is 0.250. The molecule has 0 bridgehead atoms. The van der Waals surface area contributed by atoms with Crippen LogP contribution in [0, 0.1) is 6.07 Å². The van der Waals surface area contributed by atoms with Crippen molar-refractivity contribution in [3.63, 3.8) is 0 Å². The Balaban J connectivity index is 2.75. The average Bonchev–Trinajstić information content (AvgIpc) is 1.88. The Bertz CT molecular complexity index is 210. The number of nitrogens with two attached hydrogens (primary N) is 1. The fourth-order valence-electron chi connectivity index (χ4n) is 0.787. The Morgan fingerprint density at radius 2 is 2.30 bits per heavy atom. The molecule has 0 atom stereocenters. The molecule has 0 spiro atoms. The first kappa shape index (κ1) is 7.58. The minimum atomic E-state index is 0.650. The van der Waals surface area contributed by atoms with E-state index in [2.05, 4.69) is 6.07 Å². The molecule has 0 saturated carbocycles. The molecule has 0 amide bonds. The summed E-state index contributed by atoms with van der Waals surface area (Å²) in [4.78, 5) is 0. The predicted molar refractivity (Wildman–Crippen MR) is 43.0 cm³/mol. The molecular weight excluding hydrogens is 146 g/mol. The number of hydrogen-bond donors (Lipinski definition) is 1. The van der Waals surface area contributed by atoms with E-state index in [0.717, 1.165) is 12.0 Å². The molecule has 1 radical (unpaired) electrons. The van der Waals surface area contributed by atoms with Gasteiger partial charge in [0.25, 0.3) is 0 Å². The zero-order valence-electron chi connectivity index (χ0n) is 5.60. The van der Waals surface area contributed by atoms with Gasteiger partial charge in [-0.1, -0.05) is 23.7 Å². The maximum atomic E-state index is 5.68. The summed E-state index contributed by atoms with van der Waals surface area (Å²) in [7, 11) is 0. The van der Waals surface area contributed by atoms with E-state index in [1.165, 1.54) is 0 Å². The molecule has 53 valence electrons.